The number of para-hydroxylation sites is 4. The molecule has 0 aliphatic carbocycles. The van der Waals surface area contributed by atoms with Crippen molar-refractivity contribution in [2.45, 2.75) is 12.8 Å². The first kappa shape index (κ1) is 22.6. The van der Waals surface area contributed by atoms with Gasteiger partial charge < -0.3 is 20.1 Å². The lowest BCUT2D eigenvalue weighted by Crippen LogP contribution is -2.25. The molecule has 1 saturated heterocycles. The zero-order valence-corrected chi connectivity index (χ0v) is 18.3. The number of benzene rings is 2. The van der Waals surface area contributed by atoms with Crippen molar-refractivity contribution in [3.05, 3.63) is 48.5 Å². The highest BCUT2D eigenvalue weighted by Gasteiger charge is 2.39. The van der Waals surface area contributed by atoms with E-state index >= 15 is 0 Å². The van der Waals surface area contributed by atoms with Crippen LogP contribution in [0.2, 0.25) is 0 Å². The predicted molar refractivity (Wildman–Crippen MR) is 118 cm³/mol. The Morgan fingerprint density at radius 3 is 1.58 bits per heavy atom. The number of hydrogen-bond acceptors (Lipinski definition) is 6. The first-order valence-corrected chi connectivity index (χ1v) is 11.7. The molecular weight excluding hydrogens is 420 g/mol. The maximum Gasteiger partial charge on any atom is 0.224 e. The van der Waals surface area contributed by atoms with Gasteiger partial charge in [0.2, 0.25) is 11.8 Å². The van der Waals surface area contributed by atoms with Gasteiger partial charge in [-0.1, -0.05) is 24.3 Å². The van der Waals surface area contributed by atoms with Gasteiger partial charge in [0.05, 0.1) is 37.1 Å². The molecule has 2 aromatic carbocycles. The fourth-order valence-corrected chi connectivity index (χ4v) is 6.04. The zero-order chi connectivity index (χ0) is 22.4. The van der Waals surface area contributed by atoms with Crippen molar-refractivity contribution in [2.24, 2.45) is 11.8 Å². The lowest BCUT2D eigenvalue weighted by atomic mass is 9.89. The molecule has 2 atom stereocenters. The number of anilines is 2. The van der Waals surface area contributed by atoms with E-state index in [-0.39, 0.29) is 36.2 Å². The molecule has 0 saturated carbocycles. The normalized spacial score (nSPS) is 19.4. The molecular formula is C22H26N2O6S. The number of carbonyl (C=O) groups is 2. The summed E-state index contributed by atoms with van der Waals surface area (Å²) in [5, 5.41) is 5.54. The second-order valence-corrected chi connectivity index (χ2v) is 9.66. The Balaban J connectivity index is 1.65. The summed E-state index contributed by atoms with van der Waals surface area (Å²) in [4.78, 5) is 25.1. The molecule has 2 unspecified atom stereocenters. The zero-order valence-electron chi connectivity index (χ0n) is 17.5. The molecule has 166 valence electrons. The molecule has 0 aromatic heterocycles. The minimum atomic E-state index is -3.32. The number of methoxy groups -OCH3 is 2. The third-order valence-corrected chi connectivity index (χ3v) is 7.13. The Morgan fingerprint density at radius 1 is 0.806 bits per heavy atom. The molecule has 0 spiro atoms. The van der Waals surface area contributed by atoms with E-state index in [1.807, 2.05) is 0 Å². The SMILES string of the molecule is COc1ccccc1NC(=O)CC1CS(=O)(=O)CC1CC(=O)Nc1ccccc1OC. The number of amides is 2. The highest BCUT2D eigenvalue weighted by molar-refractivity contribution is 7.91. The lowest BCUT2D eigenvalue weighted by molar-refractivity contribution is -0.119. The Morgan fingerprint density at radius 2 is 1.19 bits per heavy atom. The van der Waals surface area contributed by atoms with E-state index in [1.54, 1.807) is 48.5 Å². The molecule has 0 radical (unpaired) electrons. The number of carbonyl (C=O) groups excluding carboxylic acids is 2. The first-order chi connectivity index (χ1) is 14.8. The number of sulfone groups is 1. The van der Waals surface area contributed by atoms with Crippen LogP contribution >= 0.6 is 0 Å². The monoisotopic (exact) mass is 446 g/mol. The summed E-state index contributed by atoms with van der Waals surface area (Å²) >= 11 is 0. The van der Waals surface area contributed by atoms with Gasteiger partial charge in [-0.25, -0.2) is 8.42 Å². The Bertz CT molecular complexity index is 976. The van der Waals surface area contributed by atoms with E-state index in [0.717, 1.165) is 0 Å². The molecule has 8 nitrogen and oxygen atoms in total. The Hall–Kier alpha value is -3.07. The first-order valence-electron chi connectivity index (χ1n) is 9.87. The molecule has 31 heavy (non-hydrogen) atoms. The standard InChI is InChI=1S/C22H26N2O6S/c1-29-19-9-5-3-7-17(19)23-21(25)11-15-13-31(27,28)14-16(15)12-22(26)24-18-8-4-6-10-20(18)30-2/h3-10,15-16H,11-14H2,1-2H3,(H,23,25)(H,24,26). The lowest BCUT2D eigenvalue weighted by Gasteiger charge is -2.18. The Kier molecular flexibility index (Phi) is 7.17. The molecule has 2 aromatic rings. The quantitative estimate of drug-likeness (QED) is 0.645. The van der Waals surface area contributed by atoms with Gasteiger partial charge in [-0.2, -0.15) is 0 Å². The summed E-state index contributed by atoms with van der Waals surface area (Å²) in [5.74, 6) is -0.710. The number of nitrogens with one attached hydrogen (secondary N) is 2. The minimum absolute atomic E-state index is 0.00385. The molecule has 1 heterocycles. The van der Waals surface area contributed by atoms with Gasteiger partial charge in [0.25, 0.3) is 0 Å². The van der Waals surface area contributed by atoms with E-state index in [0.29, 0.717) is 22.9 Å². The van der Waals surface area contributed by atoms with Gasteiger partial charge in [0.1, 0.15) is 11.5 Å². The molecule has 9 heteroatoms. The van der Waals surface area contributed by atoms with Crippen molar-refractivity contribution >= 4 is 33.0 Å². The maximum atomic E-state index is 12.6. The average molecular weight is 447 g/mol. The molecule has 1 aliphatic rings. The number of rotatable bonds is 8. The molecule has 2 N–H and O–H groups in total. The van der Waals surface area contributed by atoms with Crippen LogP contribution in [0.1, 0.15) is 12.8 Å². The van der Waals surface area contributed by atoms with E-state index in [4.69, 9.17) is 9.47 Å². The van der Waals surface area contributed by atoms with Crippen molar-refractivity contribution in [1.29, 1.82) is 0 Å². The van der Waals surface area contributed by atoms with E-state index in [2.05, 4.69) is 10.6 Å². The molecule has 2 amide bonds. The highest BCUT2D eigenvalue weighted by Crippen LogP contribution is 2.33. The van der Waals surface area contributed by atoms with Crippen LogP contribution in [0.5, 0.6) is 11.5 Å². The Labute approximate surface area is 181 Å². The fourth-order valence-electron chi connectivity index (χ4n) is 3.82. The van der Waals surface area contributed by atoms with Crippen molar-refractivity contribution in [1.82, 2.24) is 0 Å². The van der Waals surface area contributed by atoms with Crippen molar-refractivity contribution in [3.63, 3.8) is 0 Å². The predicted octanol–water partition coefficient (Wildman–Crippen LogP) is 2.72. The van der Waals surface area contributed by atoms with Crippen molar-refractivity contribution in [3.8, 4) is 11.5 Å². The van der Waals surface area contributed by atoms with E-state index in [1.165, 1.54) is 14.2 Å². The maximum absolute atomic E-state index is 12.6. The summed E-state index contributed by atoms with van der Waals surface area (Å²) in [6.07, 6.45) is 0.00771. The summed E-state index contributed by atoms with van der Waals surface area (Å²) in [6.45, 7) is 0. The van der Waals surface area contributed by atoms with Crippen LogP contribution in [-0.2, 0) is 19.4 Å². The third-order valence-electron chi connectivity index (χ3n) is 5.26. The van der Waals surface area contributed by atoms with Crippen LogP contribution in [0.25, 0.3) is 0 Å². The van der Waals surface area contributed by atoms with Gasteiger partial charge >= 0.3 is 0 Å². The molecule has 3 rings (SSSR count). The van der Waals surface area contributed by atoms with Crippen molar-refractivity contribution in [2.75, 3.05) is 36.4 Å². The summed E-state index contributed by atoms with van der Waals surface area (Å²) in [5.41, 5.74) is 1.03. The molecule has 1 aliphatic heterocycles. The number of ether oxygens (including phenoxy) is 2. The minimum Gasteiger partial charge on any atom is -0.495 e. The largest absolute Gasteiger partial charge is 0.495 e. The third kappa shape index (κ3) is 5.97. The van der Waals surface area contributed by atoms with Crippen LogP contribution in [0.4, 0.5) is 11.4 Å². The van der Waals surface area contributed by atoms with E-state index in [9.17, 15) is 18.0 Å². The molecule has 0 bridgehead atoms. The van der Waals surface area contributed by atoms with Gasteiger partial charge in [0.15, 0.2) is 9.84 Å². The summed E-state index contributed by atoms with van der Waals surface area (Å²) in [6, 6.07) is 14.0. The average Bonchev–Trinajstić information content (AvgIpc) is 3.01. The smallest absolute Gasteiger partial charge is 0.224 e. The van der Waals surface area contributed by atoms with Gasteiger partial charge in [0, 0.05) is 12.8 Å². The molecule has 1 fully saturated rings. The van der Waals surface area contributed by atoms with Crippen molar-refractivity contribution < 1.29 is 27.5 Å². The van der Waals surface area contributed by atoms with Gasteiger partial charge in [-0.05, 0) is 36.1 Å². The summed E-state index contributed by atoms with van der Waals surface area (Å²) in [7, 11) is -0.307. The fraction of sp³-hybridized carbons (Fsp3) is 0.364. The highest BCUT2D eigenvalue weighted by atomic mass is 32.2. The van der Waals surface area contributed by atoms with Gasteiger partial charge in [-0.15, -0.1) is 0 Å². The van der Waals surface area contributed by atoms with Crippen LogP contribution < -0.4 is 20.1 Å². The van der Waals surface area contributed by atoms with Crippen LogP contribution in [0.15, 0.2) is 48.5 Å². The second-order valence-electron chi connectivity index (χ2n) is 7.50. The van der Waals surface area contributed by atoms with E-state index < -0.39 is 21.7 Å². The second kappa shape index (κ2) is 9.82. The van der Waals surface area contributed by atoms with Crippen LogP contribution in [0.3, 0.4) is 0 Å². The van der Waals surface area contributed by atoms with Crippen LogP contribution in [-0.4, -0.2) is 46.0 Å². The van der Waals surface area contributed by atoms with Gasteiger partial charge in [-0.3, -0.25) is 9.59 Å². The summed E-state index contributed by atoms with van der Waals surface area (Å²) < 4.78 is 34.9. The topological polar surface area (TPSA) is 111 Å². The van der Waals surface area contributed by atoms with Crippen LogP contribution in [0, 0.1) is 11.8 Å². The number of hydrogen-bond donors (Lipinski definition) is 2.